The largest absolute Gasteiger partial charge is 0.456 e. The molecule has 0 spiro atoms. The van der Waals surface area contributed by atoms with E-state index < -0.39 is 0 Å². The van der Waals surface area contributed by atoms with E-state index in [1.807, 2.05) is 18.2 Å². The fourth-order valence-corrected chi connectivity index (χ4v) is 8.34. The molecular formula is C48H27NO3. The van der Waals surface area contributed by atoms with Gasteiger partial charge < -0.3 is 17.8 Å². The van der Waals surface area contributed by atoms with Gasteiger partial charge in [0.15, 0.2) is 0 Å². The lowest BCUT2D eigenvalue weighted by atomic mass is 9.97. The number of aromatic nitrogens is 1. The Hall–Kier alpha value is -7.04. The highest BCUT2D eigenvalue weighted by Crippen LogP contribution is 2.40. The summed E-state index contributed by atoms with van der Waals surface area (Å²) >= 11 is 0. The highest BCUT2D eigenvalue weighted by Gasteiger charge is 2.17. The van der Waals surface area contributed by atoms with Gasteiger partial charge in [0.2, 0.25) is 0 Å². The number of para-hydroxylation sites is 3. The van der Waals surface area contributed by atoms with Crippen LogP contribution in [-0.4, -0.2) is 4.57 Å². The van der Waals surface area contributed by atoms with Gasteiger partial charge in [0, 0.05) is 54.8 Å². The summed E-state index contributed by atoms with van der Waals surface area (Å²) in [6.45, 7) is 0. The molecule has 0 aliphatic rings. The molecule has 0 amide bonds. The summed E-state index contributed by atoms with van der Waals surface area (Å²) in [4.78, 5) is 0. The van der Waals surface area contributed by atoms with Gasteiger partial charge >= 0.3 is 0 Å². The van der Waals surface area contributed by atoms with E-state index in [4.69, 9.17) is 13.3 Å². The monoisotopic (exact) mass is 665 g/mol. The van der Waals surface area contributed by atoms with E-state index in [1.54, 1.807) is 0 Å². The minimum absolute atomic E-state index is 0.815. The molecule has 0 saturated heterocycles. The number of furan rings is 3. The average molecular weight is 666 g/mol. The van der Waals surface area contributed by atoms with E-state index in [2.05, 4.69) is 150 Å². The maximum atomic E-state index is 6.42. The van der Waals surface area contributed by atoms with Crippen molar-refractivity contribution in [2.45, 2.75) is 0 Å². The second-order valence-electron chi connectivity index (χ2n) is 13.7. The van der Waals surface area contributed by atoms with Gasteiger partial charge in [0.05, 0.1) is 11.0 Å². The first-order valence-electron chi connectivity index (χ1n) is 17.6. The third-order valence-corrected chi connectivity index (χ3v) is 10.8. The number of hydrogen-bond donors (Lipinski definition) is 0. The molecule has 0 N–H and O–H groups in total. The maximum absolute atomic E-state index is 6.42. The summed E-state index contributed by atoms with van der Waals surface area (Å²) in [6.07, 6.45) is 0. The Kier molecular flexibility index (Phi) is 5.47. The van der Waals surface area contributed by atoms with Crippen molar-refractivity contribution in [2.24, 2.45) is 0 Å². The number of fused-ring (bicyclic) bond motifs is 12. The molecule has 8 aromatic carbocycles. The van der Waals surface area contributed by atoms with Crippen LogP contribution in [0.4, 0.5) is 0 Å². The van der Waals surface area contributed by atoms with Crippen LogP contribution in [0.2, 0.25) is 0 Å². The molecule has 12 aromatic rings. The normalized spacial score (nSPS) is 12.2. The number of nitrogens with zero attached hydrogens (tertiary/aromatic N) is 1. The predicted molar refractivity (Wildman–Crippen MR) is 213 cm³/mol. The highest BCUT2D eigenvalue weighted by atomic mass is 16.3. The molecule has 242 valence electrons. The van der Waals surface area contributed by atoms with Crippen LogP contribution in [0.25, 0.3) is 116 Å². The van der Waals surface area contributed by atoms with Gasteiger partial charge in [-0.05, 0) is 95.1 Å². The second kappa shape index (κ2) is 10.3. The molecule has 0 bridgehead atoms. The highest BCUT2D eigenvalue weighted by molar-refractivity contribution is 6.16. The number of hydrogen-bond acceptors (Lipinski definition) is 3. The molecule has 0 radical (unpaired) electrons. The lowest BCUT2D eigenvalue weighted by Crippen LogP contribution is -1.93. The maximum Gasteiger partial charge on any atom is 0.139 e. The van der Waals surface area contributed by atoms with Gasteiger partial charge in [-0.2, -0.15) is 0 Å². The second-order valence-corrected chi connectivity index (χ2v) is 13.7. The number of benzene rings is 8. The van der Waals surface area contributed by atoms with Crippen molar-refractivity contribution in [1.82, 2.24) is 4.57 Å². The molecule has 4 heterocycles. The molecule has 4 aromatic heterocycles. The van der Waals surface area contributed by atoms with E-state index in [1.165, 1.54) is 21.8 Å². The van der Waals surface area contributed by atoms with E-state index in [0.717, 1.165) is 93.8 Å². The molecule has 0 saturated carbocycles. The molecule has 0 atom stereocenters. The SMILES string of the molecule is c1cc(-c2ccc3oc4ccccc4c3c2)cc(-c2ccc3oc4cc5oc6ccc(-n7c8ccccc8c8ccccc87)cc6c5cc4c3c2)c1. The Morgan fingerprint density at radius 1 is 0.269 bits per heavy atom. The molecule has 0 unspecified atom stereocenters. The summed E-state index contributed by atoms with van der Waals surface area (Å²) in [5, 5.41) is 9.06. The van der Waals surface area contributed by atoms with Gasteiger partial charge in [0.25, 0.3) is 0 Å². The van der Waals surface area contributed by atoms with Crippen molar-refractivity contribution in [3.05, 3.63) is 164 Å². The van der Waals surface area contributed by atoms with Crippen LogP contribution in [0.1, 0.15) is 0 Å². The molecule has 4 heteroatoms. The van der Waals surface area contributed by atoms with Gasteiger partial charge in [-0.25, -0.2) is 0 Å². The zero-order valence-corrected chi connectivity index (χ0v) is 27.8. The Morgan fingerprint density at radius 2 is 0.731 bits per heavy atom. The van der Waals surface area contributed by atoms with E-state index >= 15 is 0 Å². The third-order valence-electron chi connectivity index (χ3n) is 10.8. The molecule has 12 rings (SSSR count). The Labute approximate surface area is 296 Å². The minimum Gasteiger partial charge on any atom is -0.456 e. The summed E-state index contributed by atoms with van der Waals surface area (Å²) in [5.74, 6) is 0. The molecule has 4 nitrogen and oxygen atoms in total. The van der Waals surface area contributed by atoms with Crippen LogP contribution in [0.5, 0.6) is 0 Å². The van der Waals surface area contributed by atoms with Crippen molar-refractivity contribution in [1.29, 1.82) is 0 Å². The van der Waals surface area contributed by atoms with Gasteiger partial charge in [-0.15, -0.1) is 0 Å². The first-order chi connectivity index (χ1) is 25.7. The van der Waals surface area contributed by atoms with Crippen molar-refractivity contribution in [3.63, 3.8) is 0 Å². The fraction of sp³-hybridized carbons (Fsp3) is 0. The van der Waals surface area contributed by atoms with Crippen molar-refractivity contribution < 1.29 is 13.3 Å². The van der Waals surface area contributed by atoms with Crippen molar-refractivity contribution in [3.8, 4) is 27.9 Å². The third kappa shape index (κ3) is 3.92. The summed E-state index contributed by atoms with van der Waals surface area (Å²) in [7, 11) is 0. The standard InChI is InChI=1S/C48H27NO3/c1-4-13-41-33(10-1)34-11-2-5-14-42(34)49(41)32-18-21-46-38(25-32)40-26-39-37-24-31(17-20-45(37)51-47(39)27-48(40)52-46)29-9-7-8-28(22-29)30-16-19-44-36(23-30)35-12-3-6-15-43(35)50-44/h1-27H. The minimum atomic E-state index is 0.815. The Morgan fingerprint density at radius 3 is 1.38 bits per heavy atom. The van der Waals surface area contributed by atoms with Gasteiger partial charge in [0.1, 0.15) is 33.5 Å². The number of rotatable bonds is 3. The molecule has 0 aliphatic carbocycles. The summed E-state index contributed by atoms with van der Waals surface area (Å²) in [6, 6.07) is 57.9. The first-order valence-corrected chi connectivity index (χ1v) is 17.6. The fourth-order valence-electron chi connectivity index (χ4n) is 8.34. The van der Waals surface area contributed by atoms with E-state index in [9.17, 15) is 0 Å². The average Bonchev–Trinajstić information content (AvgIpc) is 3.95. The van der Waals surface area contributed by atoms with Gasteiger partial charge in [-0.3, -0.25) is 0 Å². The zero-order valence-electron chi connectivity index (χ0n) is 27.8. The first kappa shape index (κ1) is 27.7. The lowest BCUT2D eigenvalue weighted by molar-refractivity contribution is 0.656. The lowest BCUT2D eigenvalue weighted by Gasteiger charge is -2.08. The van der Waals surface area contributed by atoms with Crippen LogP contribution in [-0.2, 0) is 0 Å². The van der Waals surface area contributed by atoms with E-state index in [0.29, 0.717) is 0 Å². The molecule has 0 aliphatic heterocycles. The van der Waals surface area contributed by atoms with Crippen molar-refractivity contribution >= 4 is 87.6 Å². The predicted octanol–water partition coefficient (Wildman–Crippen LogP) is 13.8. The van der Waals surface area contributed by atoms with Crippen LogP contribution in [0.3, 0.4) is 0 Å². The molecular weight excluding hydrogens is 639 g/mol. The molecule has 0 fully saturated rings. The zero-order chi connectivity index (χ0) is 33.9. The Bertz CT molecular complexity index is 3370. The Balaban J connectivity index is 0.993. The van der Waals surface area contributed by atoms with Crippen LogP contribution in [0.15, 0.2) is 177 Å². The smallest absolute Gasteiger partial charge is 0.139 e. The molecule has 52 heavy (non-hydrogen) atoms. The van der Waals surface area contributed by atoms with E-state index in [-0.39, 0.29) is 0 Å². The van der Waals surface area contributed by atoms with Crippen LogP contribution >= 0.6 is 0 Å². The van der Waals surface area contributed by atoms with Crippen LogP contribution < -0.4 is 0 Å². The quantitative estimate of drug-likeness (QED) is 0.189. The topological polar surface area (TPSA) is 44.4 Å². The summed E-state index contributed by atoms with van der Waals surface area (Å²) in [5.41, 5.74) is 13.2. The van der Waals surface area contributed by atoms with Crippen molar-refractivity contribution in [2.75, 3.05) is 0 Å². The van der Waals surface area contributed by atoms with Gasteiger partial charge in [-0.1, -0.05) is 84.9 Å². The van der Waals surface area contributed by atoms with Crippen LogP contribution in [0, 0.1) is 0 Å². The summed E-state index contributed by atoms with van der Waals surface area (Å²) < 4.78 is 21.3.